The monoisotopic (exact) mass is 530 g/mol. The third kappa shape index (κ3) is 5.66. The van der Waals surface area contributed by atoms with Crippen LogP contribution in [-0.2, 0) is 19.7 Å². The zero-order valence-corrected chi connectivity index (χ0v) is 22.5. The highest BCUT2D eigenvalue weighted by Gasteiger charge is 2.40. The molecule has 0 spiro atoms. The number of hydrogen-bond acceptors (Lipinski definition) is 6. The standard InChI is InChI=1S/C26H31FN4O3S2/c1-26(2,3)24-22-23(19-10-6-13-35-19)36-16-21(33)30(15-20(32)28-11-7-12-34-4)25(22)31(29-24)18-9-5-8-17(27)14-18/h5-6,8-10,13-14,23H,7,11-12,15-16H2,1-4H3,(H,28,32)/t23-/m1/s1. The number of nitrogens with one attached hydrogen (secondary N) is 1. The quantitative estimate of drug-likeness (QED) is 0.428. The molecule has 4 rings (SSSR count). The van der Waals surface area contributed by atoms with Gasteiger partial charge in [-0.3, -0.25) is 14.5 Å². The number of thiophene rings is 1. The second-order valence-electron chi connectivity index (χ2n) is 9.61. The fourth-order valence-electron chi connectivity index (χ4n) is 4.17. The Kier molecular flexibility index (Phi) is 8.17. The molecule has 1 aromatic carbocycles. The minimum Gasteiger partial charge on any atom is -0.385 e. The molecule has 192 valence electrons. The largest absolute Gasteiger partial charge is 0.385 e. The molecule has 7 nitrogen and oxygen atoms in total. The van der Waals surface area contributed by atoms with Crippen molar-refractivity contribution in [3.8, 4) is 5.69 Å². The third-order valence-corrected chi connectivity index (χ3v) is 8.13. The van der Waals surface area contributed by atoms with E-state index < -0.39 is 5.82 Å². The van der Waals surface area contributed by atoms with Crippen molar-refractivity contribution in [1.82, 2.24) is 15.1 Å². The maximum atomic E-state index is 14.3. The number of ether oxygens (including phenoxy) is 1. The summed E-state index contributed by atoms with van der Waals surface area (Å²) in [7, 11) is 1.61. The average Bonchev–Trinajstić information content (AvgIpc) is 3.47. The van der Waals surface area contributed by atoms with Gasteiger partial charge in [-0.15, -0.1) is 23.1 Å². The number of methoxy groups -OCH3 is 1. The van der Waals surface area contributed by atoms with Gasteiger partial charge in [-0.2, -0.15) is 5.10 Å². The first-order chi connectivity index (χ1) is 17.2. The van der Waals surface area contributed by atoms with E-state index in [0.29, 0.717) is 31.1 Å². The Labute approximate surface area is 219 Å². The van der Waals surface area contributed by atoms with Crippen molar-refractivity contribution in [3.63, 3.8) is 0 Å². The number of anilines is 1. The van der Waals surface area contributed by atoms with Crippen LogP contribution in [0, 0.1) is 5.82 Å². The van der Waals surface area contributed by atoms with Gasteiger partial charge in [-0.1, -0.05) is 32.9 Å². The molecule has 2 amide bonds. The van der Waals surface area contributed by atoms with Crippen LogP contribution in [0.5, 0.6) is 0 Å². The summed E-state index contributed by atoms with van der Waals surface area (Å²) in [5.74, 6) is -0.132. The van der Waals surface area contributed by atoms with Crippen molar-refractivity contribution in [2.24, 2.45) is 0 Å². The van der Waals surface area contributed by atoms with Crippen LogP contribution in [0.15, 0.2) is 41.8 Å². The maximum absolute atomic E-state index is 14.3. The minimum atomic E-state index is -0.402. The molecule has 0 radical (unpaired) electrons. The van der Waals surface area contributed by atoms with Crippen LogP contribution >= 0.6 is 23.1 Å². The van der Waals surface area contributed by atoms with Crippen LogP contribution in [0.1, 0.15) is 48.6 Å². The fraction of sp³-hybridized carbons (Fsp3) is 0.423. The number of halogens is 1. The number of aromatic nitrogens is 2. The van der Waals surface area contributed by atoms with Crippen LogP contribution in [0.4, 0.5) is 10.2 Å². The molecule has 3 heterocycles. The van der Waals surface area contributed by atoms with Crippen LogP contribution in [0.2, 0.25) is 0 Å². The molecule has 0 unspecified atom stereocenters. The molecular formula is C26H31FN4O3S2. The summed E-state index contributed by atoms with van der Waals surface area (Å²) in [5, 5.41) is 9.70. The summed E-state index contributed by atoms with van der Waals surface area (Å²) in [6.07, 6.45) is 0.674. The van der Waals surface area contributed by atoms with Gasteiger partial charge < -0.3 is 10.1 Å². The zero-order valence-electron chi connectivity index (χ0n) is 20.9. The molecule has 1 aliphatic heterocycles. The number of fused-ring (bicyclic) bond motifs is 1. The van der Waals surface area contributed by atoms with Gasteiger partial charge in [-0.25, -0.2) is 9.07 Å². The first-order valence-corrected chi connectivity index (χ1v) is 13.7. The smallest absolute Gasteiger partial charge is 0.240 e. The Morgan fingerprint density at radius 2 is 2.08 bits per heavy atom. The third-order valence-electron chi connectivity index (χ3n) is 5.80. The van der Waals surface area contributed by atoms with E-state index in [1.54, 1.807) is 35.3 Å². The summed E-state index contributed by atoms with van der Waals surface area (Å²) >= 11 is 3.16. The Hall–Kier alpha value is -2.69. The van der Waals surface area contributed by atoms with Gasteiger partial charge >= 0.3 is 0 Å². The minimum absolute atomic E-state index is 0.143. The molecule has 3 aromatic rings. The lowest BCUT2D eigenvalue weighted by atomic mass is 9.88. The molecule has 1 aliphatic rings. The normalized spacial score (nSPS) is 16.1. The lowest BCUT2D eigenvalue weighted by Gasteiger charge is -2.24. The molecule has 2 aromatic heterocycles. The highest BCUT2D eigenvalue weighted by atomic mass is 32.2. The molecule has 0 aliphatic carbocycles. The number of carbonyl (C=O) groups excluding carboxylic acids is 2. The second kappa shape index (κ2) is 11.1. The molecule has 36 heavy (non-hydrogen) atoms. The number of carbonyl (C=O) groups is 2. The Balaban J connectivity index is 1.88. The van der Waals surface area contributed by atoms with Crippen LogP contribution in [0.3, 0.4) is 0 Å². The molecule has 10 heteroatoms. The summed E-state index contributed by atoms with van der Waals surface area (Å²) in [4.78, 5) is 29.0. The van der Waals surface area contributed by atoms with E-state index in [-0.39, 0.29) is 34.8 Å². The maximum Gasteiger partial charge on any atom is 0.240 e. The molecule has 0 bridgehead atoms. The summed E-state index contributed by atoms with van der Waals surface area (Å²) < 4.78 is 21.0. The second-order valence-corrected chi connectivity index (χ2v) is 11.7. The van der Waals surface area contributed by atoms with E-state index in [2.05, 4.69) is 32.2 Å². The van der Waals surface area contributed by atoms with E-state index in [1.807, 2.05) is 11.4 Å². The average molecular weight is 531 g/mol. The highest BCUT2D eigenvalue weighted by Crippen LogP contribution is 2.49. The van der Waals surface area contributed by atoms with Gasteiger partial charge in [0.1, 0.15) is 18.2 Å². The van der Waals surface area contributed by atoms with E-state index in [0.717, 1.165) is 16.1 Å². The van der Waals surface area contributed by atoms with Crippen molar-refractivity contribution < 1.29 is 18.7 Å². The number of nitrogens with zero attached hydrogens (tertiary/aromatic N) is 3. The van der Waals surface area contributed by atoms with Gasteiger partial charge in [0.25, 0.3) is 0 Å². The fourth-order valence-corrected chi connectivity index (χ4v) is 6.35. The van der Waals surface area contributed by atoms with Crippen LogP contribution in [0.25, 0.3) is 5.69 Å². The number of rotatable bonds is 8. The summed E-state index contributed by atoms with van der Waals surface area (Å²) in [5.41, 5.74) is 1.84. The van der Waals surface area contributed by atoms with Crippen molar-refractivity contribution in [2.75, 3.05) is 37.5 Å². The van der Waals surface area contributed by atoms with E-state index in [9.17, 15) is 14.0 Å². The van der Waals surface area contributed by atoms with Gasteiger partial charge in [-0.05, 0) is 36.1 Å². The zero-order chi connectivity index (χ0) is 25.9. The van der Waals surface area contributed by atoms with Gasteiger partial charge in [0.15, 0.2) is 0 Å². The lowest BCUT2D eigenvalue weighted by Crippen LogP contribution is -2.42. The topological polar surface area (TPSA) is 76.5 Å². The van der Waals surface area contributed by atoms with Gasteiger partial charge in [0.05, 0.1) is 22.4 Å². The predicted octanol–water partition coefficient (Wildman–Crippen LogP) is 4.69. The van der Waals surface area contributed by atoms with Crippen molar-refractivity contribution in [2.45, 2.75) is 37.9 Å². The van der Waals surface area contributed by atoms with Gasteiger partial charge in [0.2, 0.25) is 11.8 Å². The molecule has 0 saturated carbocycles. The lowest BCUT2D eigenvalue weighted by molar-refractivity contribution is -0.122. The molecule has 1 N–H and O–H groups in total. The van der Waals surface area contributed by atoms with E-state index in [4.69, 9.17) is 9.84 Å². The Bertz CT molecular complexity index is 1220. The number of hydrogen-bond donors (Lipinski definition) is 1. The number of thioether (sulfide) groups is 1. The van der Waals surface area contributed by atoms with Crippen LogP contribution < -0.4 is 10.2 Å². The van der Waals surface area contributed by atoms with E-state index in [1.165, 1.54) is 28.8 Å². The van der Waals surface area contributed by atoms with Crippen LogP contribution in [-0.4, -0.2) is 54.2 Å². The van der Waals surface area contributed by atoms with E-state index >= 15 is 0 Å². The molecular weight excluding hydrogens is 499 g/mol. The van der Waals surface area contributed by atoms with Crippen molar-refractivity contribution in [3.05, 3.63) is 63.7 Å². The first kappa shape index (κ1) is 26.4. The Morgan fingerprint density at radius 1 is 1.28 bits per heavy atom. The Morgan fingerprint density at radius 3 is 2.75 bits per heavy atom. The number of benzene rings is 1. The highest BCUT2D eigenvalue weighted by molar-refractivity contribution is 8.00. The number of amides is 2. The molecule has 1 atom stereocenters. The first-order valence-electron chi connectivity index (χ1n) is 11.8. The van der Waals surface area contributed by atoms with Crippen molar-refractivity contribution in [1.29, 1.82) is 0 Å². The summed E-state index contributed by atoms with van der Waals surface area (Å²) in [6.45, 7) is 7.04. The van der Waals surface area contributed by atoms with Gasteiger partial charge in [0, 0.05) is 36.1 Å². The predicted molar refractivity (Wildman–Crippen MR) is 143 cm³/mol. The molecule has 0 saturated heterocycles. The van der Waals surface area contributed by atoms with Crippen molar-refractivity contribution >= 4 is 40.7 Å². The molecule has 0 fully saturated rings. The summed E-state index contributed by atoms with van der Waals surface area (Å²) in [6, 6.07) is 10.2. The SMILES string of the molecule is COCCCNC(=O)CN1C(=O)CS[C@H](c2cccs2)c2c(C(C)(C)C)nn(-c3cccc(F)c3)c21.